The summed E-state index contributed by atoms with van der Waals surface area (Å²) in [7, 11) is 1.73. The molecule has 0 saturated carbocycles. The lowest BCUT2D eigenvalue weighted by molar-refractivity contribution is 0.468. The van der Waals surface area contributed by atoms with Gasteiger partial charge in [-0.3, -0.25) is 0 Å². The van der Waals surface area contributed by atoms with Crippen molar-refractivity contribution in [1.29, 1.82) is 0 Å². The van der Waals surface area contributed by atoms with Crippen molar-refractivity contribution in [1.82, 2.24) is 10.6 Å². The maximum atomic E-state index is 13.5. The van der Waals surface area contributed by atoms with Crippen molar-refractivity contribution in [3.05, 3.63) is 35.4 Å². The normalized spacial score (nSPS) is 13.1. The monoisotopic (exact) mass is 228 g/mol. The second kappa shape index (κ2) is 5.92. The van der Waals surface area contributed by atoms with E-state index in [1.54, 1.807) is 7.05 Å². The van der Waals surface area contributed by atoms with Gasteiger partial charge in [0.2, 0.25) is 0 Å². The molecule has 0 aliphatic rings. The minimum Gasteiger partial charge on any atom is -0.313 e. The van der Waals surface area contributed by atoms with Crippen LogP contribution in [0.2, 0.25) is 0 Å². The van der Waals surface area contributed by atoms with E-state index >= 15 is 0 Å². The van der Waals surface area contributed by atoms with Crippen LogP contribution in [0.1, 0.15) is 25.5 Å². The predicted octanol–water partition coefficient (Wildman–Crippen LogP) is 2.22. The van der Waals surface area contributed by atoms with Crippen LogP contribution in [0.25, 0.3) is 0 Å². The van der Waals surface area contributed by atoms with E-state index in [1.165, 1.54) is 6.07 Å². The molecule has 1 rings (SSSR count). The molecular formula is C12H18F2N2. The van der Waals surface area contributed by atoms with Gasteiger partial charge in [-0.05, 0) is 25.2 Å². The van der Waals surface area contributed by atoms with Crippen molar-refractivity contribution in [3.63, 3.8) is 0 Å². The summed E-state index contributed by atoms with van der Waals surface area (Å²) in [5.41, 5.74) is 0.357. The molecule has 4 heteroatoms. The number of hydrogen-bond acceptors (Lipinski definition) is 2. The van der Waals surface area contributed by atoms with Gasteiger partial charge in [-0.1, -0.05) is 13.8 Å². The molecule has 0 spiro atoms. The first-order valence-corrected chi connectivity index (χ1v) is 5.40. The molecule has 1 aromatic rings. The average Bonchev–Trinajstić information content (AvgIpc) is 2.23. The summed E-state index contributed by atoms with van der Waals surface area (Å²) in [6, 6.07) is 3.61. The van der Waals surface area contributed by atoms with Crippen LogP contribution < -0.4 is 10.6 Å². The Balaban J connectivity index is 2.81. The zero-order valence-electron chi connectivity index (χ0n) is 9.85. The molecule has 0 aliphatic heterocycles. The molecule has 2 N–H and O–H groups in total. The Morgan fingerprint density at radius 2 is 1.94 bits per heavy atom. The first-order valence-electron chi connectivity index (χ1n) is 5.40. The van der Waals surface area contributed by atoms with E-state index in [-0.39, 0.29) is 11.9 Å². The highest BCUT2D eigenvalue weighted by atomic mass is 19.1. The Morgan fingerprint density at radius 1 is 1.25 bits per heavy atom. The van der Waals surface area contributed by atoms with Gasteiger partial charge in [-0.2, -0.15) is 0 Å². The molecule has 2 nitrogen and oxygen atoms in total. The third-order valence-electron chi connectivity index (χ3n) is 2.41. The number of hydrogen-bond donors (Lipinski definition) is 2. The Labute approximate surface area is 95.1 Å². The molecule has 0 fully saturated rings. The summed E-state index contributed by atoms with van der Waals surface area (Å²) in [6.07, 6.45) is 0. The molecule has 16 heavy (non-hydrogen) atoms. The van der Waals surface area contributed by atoms with Gasteiger partial charge in [0, 0.05) is 24.2 Å². The number of nitrogens with one attached hydrogen (secondary N) is 2. The maximum Gasteiger partial charge on any atom is 0.128 e. The van der Waals surface area contributed by atoms with Gasteiger partial charge >= 0.3 is 0 Å². The van der Waals surface area contributed by atoms with Crippen LogP contribution in [0, 0.1) is 11.6 Å². The number of likely N-dealkylation sites (N-methyl/N-ethyl adjacent to an activating group) is 1. The molecule has 0 radical (unpaired) electrons. The standard InChI is InChI=1S/C12H18F2N2/c1-8(2)16-7-12(15-3)10-6-9(13)4-5-11(10)14/h4-6,8,12,15-16H,7H2,1-3H3. The van der Waals surface area contributed by atoms with E-state index in [0.29, 0.717) is 18.2 Å². The van der Waals surface area contributed by atoms with Crippen molar-refractivity contribution < 1.29 is 8.78 Å². The van der Waals surface area contributed by atoms with Crippen LogP contribution in [0.5, 0.6) is 0 Å². The molecule has 1 atom stereocenters. The third-order valence-corrected chi connectivity index (χ3v) is 2.41. The highest BCUT2D eigenvalue weighted by Gasteiger charge is 2.14. The molecule has 1 aromatic carbocycles. The van der Waals surface area contributed by atoms with E-state index in [2.05, 4.69) is 10.6 Å². The molecule has 0 saturated heterocycles. The summed E-state index contributed by atoms with van der Waals surface area (Å²) in [6.45, 7) is 4.58. The second-order valence-electron chi connectivity index (χ2n) is 4.07. The summed E-state index contributed by atoms with van der Waals surface area (Å²) in [5.74, 6) is -0.799. The maximum absolute atomic E-state index is 13.5. The van der Waals surface area contributed by atoms with Crippen LogP contribution in [0.4, 0.5) is 8.78 Å². The number of benzene rings is 1. The molecular weight excluding hydrogens is 210 g/mol. The summed E-state index contributed by atoms with van der Waals surface area (Å²) in [4.78, 5) is 0. The highest BCUT2D eigenvalue weighted by molar-refractivity contribution is 5.22. The highest BCUT2D eigenvalue weighted by Crippen LogP contribution is 2.17. The van der Waals surface area contributed by atoms with E-state index < -0.39 is 5.82 Å². The lowest BCUT2D eigenvalue weighted by atomic mass is 10.1. The molecule has 0 aromatic heterocycles. The Hall–Kier alpha value is -1.00. The van der Waals surface area contributed by atoms with Gasteiger partial charge in [-0.15, -0.1) is 0 Å². The fraction of sp³-hybridized carbons (Fsp3) is 0.500. The number of halogens is 2. The smallest absolute Gasteiger partial charge is 0.128 e. The summed E-state index contributed by atoms with van der Waals surface area (Å²) >= 11 is 0. The van der Waals surface area contributed by atoms with Crippen molar-refractivity contribution in [2.24, 2.45) is 0 Å². The minimum atomic E-state index is -0.416. The lowest BCUT2D eigenvalue weighted by Crippen LogP contribution is -2.33. The molecule has 0 bridgehead atoms. The first kappa shape index (κ1) is 13.1. The van der Waals surface area contributed by atoms with Gasteiger partial charge < -0.3 is 10.6 Å². The molecule has 0 heterocycles. The van der Waals surface area contributed by atoms with Crippen LogP contribution >= 0.6 is 0 Å². The van der Waals surface area contributed by atoms with Gasteiger partial charge in [0.25, 0.3) is 0 Å². The minimum absolute atomic E-state index is 0.224. The lowest BCUT2D eigenvalue weighted by Gasteiger charge is -2.19. The fourth-order valence-electron chi connectivity index (χ4n) is 1.50. The van der Waals surface area contributed by atoms with Gasteiger partial charge in [-0.25, -0.2) is 8.78 Å². The van der Waals surface area contributed by atoms with Crippen molar-refractivity contribution in [2.45, 2.75) is 25.9 Å². The van der Waals surface area contributed by atoms with Crippen LogP contribution in [-0.2, 0) is 0 Å². The first-order chi connectivity index (χ1) is 7.54. The predicted molar refractivity (Wildman–Crippen MR) is 61.3 cm³/mol. The van der Waals surface area contributed by atoms with Gasteiger partial charge in [0.1, 0.15) is 11.6 Å². The van der Waals surface area contributed by atoms with Crippen LogP contribution in [0.15, 0.2) is 18.2 Å². The largest absolute Gasteiger partial charge is 0.313 e. The molecule has 90 valence electrons. The Morgan fingerprint density at radius 3 is 2.50 bits per heavy atom. The Kier molecular flexibility index (Phi) is 4.83. The summed E-state index contributed by atoms with van der Waals surface area (Å²) in [5, 5.41) is 6.16. The topological polar surface area (TPSA) is 24.1 Å². The number of rotatable bonds is 5. The Bertz CT molecular complexity index is 340. The van der Waals surface area contributed by atoms with E-state index in [4.69, 9.17) is 0 Å². The van der Waals surface area contributed by atoms with Crippen molar-refractivity contribution in [2.75, 3.05) is 13.6 Å². The van der Waals surface area contributed by atoms with Crippen molar-refractivity contribution in [3.8, 4) is 0 Å². The van der Waals surface area contributed by atoms with Gasteiger partial charge in [0.05, 0.1) is 0 Å². The average molecular weight is 228 g/mol. The zero-order chi connectivity index (χ0) is 12.1. The second-order valence-corrected chi connectivity index (χ2v) is 4.07. The third kappa shape index (κ3) is 3.54. The van der Waals surface area contributed by atoms with E-state index in [9.17, 15) is 8.78 Å². The molecule has 0 amide bonds. The zero-order valence-corrected chi connectivity index (χ0v) is 9.85. The van der Waals surface area contributed by atoms with Crippen LogP contribution in [0.3, 0.4) is 0 Å². The van der Waals surface area contributed by atoms with Crippen molar-refractivity contribution >= 4 is 0 Å². The van der Waals surface area contributed by atoms with E-state index in [0.717, 1.165) is 12.1 Å². The molecule has 0 aliphatic carbocycles. The fourth-order valence-corrected chi connectivity index (χ4v) is 1.50. The van der Waals surface area contributed by atoms with Gasteiger partial charge in [0.15, 0.2) is 0 Å². The SMILES string of the molecule is CNC(CNC(C)C)c1cc(F)ccc1F. The van der Waals surface area contributed by atoms with E-state index in [1.807, 2.05) is 13.8 Å². The summed E-state index contributed by atoms with van der Waals surface area (Å²) < 4.78 is 26.5. The quantitative estimate of drug-likeness (QED) is 0.807. The van der Waals surface area contributed by atoms with Crippen LogP contribution in [-0.4, -0.2) is 19.6 Å². The molecule has 1 unspecified atom stereocenters.